The number of thioether (sulfide) groups is 1. The van der Waals surface area contributed by atoms with Gasteiger partial charge in [0, 0.05) is 4.90 Å². The first-order valence-electron chi connectivity index (χ1n) is 4.62. The van der Waals surface area contributed by atoms with Gasteiger partial charge in [-0.1, -0.05) is 18.2 Å². The van der Waals surface area contributed by atoms with Crippen molar-refractivity contribution in [3.8, 4) is 0 Å². The summed E-state index contributed by atoms with van der Waals surface area (Å²) in [5.41, 5.74) is 0. The molecule has 0 saturated carbocycles. The Hall–Kier alpha value is -1.00. The molecule has 0 aliphatic carbocycles. The first kappa shape index (κ1) is 12.1. The maximum Gasteiger partial charge on any atom is 0.321 e. The highest BCUT2D eigenvalue weighted by atomic mass is 32.2. The van der Waals surface area contributed by atoms with Crippen LogP contribution in [-0.4, -0.2) is 29.5 Å². The highest BCUT2D eigenvalue weighted by Gasteiger charge is 2.25. The Morgan fingerprint density at radius 2 is 2.00 bits per heavy atom. The van der Waals surface area contributed by atoms with Crippen molar-refractivity contribution < 1.29 is 14.6 Å². The van der Waals surface area contributed by atoms with Gasteiger partial charge in [-0.2, -0.15) is 0 Å². The summed E-state index contributed by atoms with van der Waals surface area (Å²) < 4.78 is 4.63. The van der Waals surface area contributed by atoms with Crippen LogP contribution < -0.4 is 0 Å². The van der Waals surface area contributed by atoms with Gasteiger partial charge in [0.2, 0.25) is 0 Å². The lowest BCUT2D eigenvalue weighted by atomic mass is 10.3. The van der Waals surface area contributed by atoms with Crippen molar-refractivity contribution in [2.45, 2.75) is 23.2 Å². The molecule has 1 aromatic carbocycles. The minimum atomic E-state index is -0.734. The van der Waals surface area contributed by atoms with Crippen LogP contribution in [0.25, 0.3) is 0 Å². The summed E-state index contributed by atoms with van der Waals surface area (Å²) >= 11 is 1.30. The number of aliphatic hydroxyl groups excluding tert-OH is 1. The maximum atomic E-state index is 11.4. The Morgan fingerprint density at radius 1 is 1.40 bits per heavy atom. The van der Waals surface area contributed by atoms with Crippen molar-refractivity contribution >= 4 is 17.7 Å². The fourth-order valence-corrected chi connectivity index (χ4v) is 2.10. The van der Waals surface area contributed by atoms with Gasteiger partial charge in [0.05, 0.1) is 13.2 Å². The minimum absolute atomic E-state index is 0.404. The molecule has 0 saturated heterocycles. The van der Waals surface area contributed by atoms with Crippen molar-refractivity contribution in [1.29, 1.82) is 0 Å². The van der Waals surface area contributed by atoms with Gasteiger partial charge in [-0.3, -0.25) is 4.79 Å². The van der Waals surface area contributed by atoms with Crippen molar-refractivity contribution in [3.05, 3.63) is 30.3 Å². The molecule has 0 spiro atoms. The monoisotopic (exact) mass is 226 g/mol. The number of esters is 1. The van der Waals surface area contributed by atoms with E-state index in [-0.39, 0.29) is 0 Å². The molecule has 0 unspecified atom stereocenters. The van der Waals surface area contributed by atoms with E-state index in [1.165, 1.54) is 18.9 Å². The number of ether oxygens (including phenoxy) is 1. The topological polar surface area (TPSA) is 46.5 Å². The number of carbonyl (C=O) groups excluding carboxylic acids is 1. The summed E-state index contributed by atoms with van der Waals surface area (Å²) in [5, 5.41) is 8.88. The van der Waals surface area contributed by atoms with Gasteiger partial charge < -0.3 is 9.84 Å². The van der Waals surface area contributed by atoms with Crippen LogP contribution in [-0.2, 0) is 9.53 Å². The second-order valence-corrected chi connectivity index (χ2v) is 4.33. The molecule has 0 aliphatic rings. The molecule has 0 amide bonds. The third kappa shape index (κ3) is 3.57. The van der Waals surface area contributed by atoms with Gasteiger partial charge in [0.25, 0.3) is 0 Å². The van der Waals surface area contributed by atoms with Crippen molar-refractivity contribution in [2.75, 3.05) is 7.11 Å². The molecule has 1 N–H and O–H groups in total. The Kier molecular flexibility index (Phi) is 4.65. The molecule has 82 valence electrons. The van der Waals surface area contributed by atoms with Crippen molar-refractivity contribution in [3.63, 3.8) is 0 Å². The number of aliphatic hydroxyl groups is 1. The minimum Gasteiger partial charge on any atom is -0.468 e. The lowest BCUT2D eigenvalue weighted by Gasteiger charge is -2.16. The van der Waals surface area contributed by atoms with E-state index in [9.17, 15) is 9.90 Å². The van der Waals surface area contributed by atoms with Crippen LogP contribution in [0, 0.1) is 0 Å². The fraction of sp³-hybridized carbons (Fsp3) is 0.364. The summed E-state index contributed by atoms with van der Waals surface area (Å²) in [6.45, 7) is 1.58. The molecule has 0 aliphatic heterocycles. The zero-order valence-electron chi connectivity index (χ0n) is 8.71. The summed E-state index contributed by atoms with van der Waals surface area (Å²) in [6.07, 6.45) is -0.734. The van der Waals surface area contributed by atoms with Crippen molar-refractivity contribution in [2.24, 2.45) is 0 Å². The molecule has 2 atom stereocenters. The molecular weight excluding hydrogens is 212 g/mol. The van der Waals surface area contributed by atoms with E-state index < -0.39 is 17.3 Å². The molecular formula is C11H14O3S. The molecule has 0 bridgehead atoms. The van der Waals surface area contributed by atoms with Crippen molar-refractivity contribution in [1.82, 2.24) is 0 Å². The van der Waals surface area contributed by atoms with Gasteiger partial charge in [0.15, 0.2) is 0 Å². The molecule has 4 heteroatoms. The van der Waals surface area contributed by atoms with Crippen LogP contribution in [0.1, 0.15) is 6.92 Å². The van der Waals surface area contributed by atoms with Crippen LogP contribution in [0.4, 0.5) is 0 Å². The first-order valence-corrected chi connectivity index (χ1v) is 5.50. The number of hydrogen-bond donors (Lipinski definition) is 1. The van der Waals surface area contributed by atoms with Crippen LogP contribution in [0.5, 0.6) is 0 Å². The normalized spacial score (nSPS) is 14.3. The van der Waals surface area contributed by atoms with Gasteiger partial charge in [0.1, 0.15) is 5.25 Å². The Balaban J connectivity index is 2.72. The average Bonchev–Trinajstić information content (AvgIpc) is 2.26. The van der Waals surface area contributed by atoms with Gasteiger partial charge in [-0.15, -0.1) is 11.8 Å². The second kappa shape index (κ2) is 5.78. The van der Waals surface area contributed by atoms with Crippen LogP contribution in [0.3, 0.4) is 0 Å². The van der Waals surface area contributed by atoms with Gasteiger partial charge in [-0.25, -0.2) is 0 Å². The standard InChI is InChI=1S/C11H14O3S/c1-8(12)10(11(13)14-2)15-9-6-4-3-5-7-9/h3-8,10,12H,1-2H3/t8-,10-/m1/s1. The predicted molar refractivity (Wildman–Crippen MR) is 59.8 cm³/mol. The summed E-state index contributed by atoms with van der Waals surface area (Å²) in [4.78, 5) is 12.3. The van der Waals surface area contributed by atoms with E-state index in [4.69, 9.17) is 0 Å². The Morgan fingerprint density at radius 3 is 2.47 bits per heavy atom. The molecule has 1 rings (SSSR count). The third-order valence-corrected chi connectivity index (χ3v) is 3.26. The largest absolute Gasteiger partial charge is 0.468 e. The molecule has 0 aromatic heterocycles. The summed E-state index contributed by atoms with van der Waals surface area (Å²) in [7, 11) is 1.32. The molecule has 1 aromatic rings. The molecule has 15 heavy (non-hydrogen) atoms. The van der Waals surface area contributed by atoms with Crippen LogP contribution >= 0.6 is 11.8 Å². The molecule has 3 nitrogen and oxygen atoms in total. The molecule has 0 heterocycles. The van der Waals surface area contributed by atoms with E-state index in [1.54, 1.807) is 6.92 Å². The Bertz CT molecular complexity index is 311. The van der Waals surface area contributed by atoms with E-state index in [0.29, 0.717) is 0 Å². The lowest BCUT2D eigenvalue weighted by Crippen LogP contribution is -2.29. The number of methoxy groups -OCH3 is 1. The second-order valence-electron chi connectivity index (χ2n) is 3.12. The SMILES string of the molecule is COC(=O)[C@H](Sc1ccccc1)[C@@H](C)O. The lowest BCUT2D eigenvalue weighted by molar-refractivity contribution is -0.141. The molecule has 0 fully saturated rings. The number of hydrogen-bond acceptors (Lipinski definition) is 4. The van der Waals surface area contributed by atoms with E-state index in [2.05, 4.69) is 4.74 Å². The zero-order chi connectivity index (χ0) is 11.3. The summed E-state index contributed by atoms with van der Waals surface area (Å²) in [6, 6.07) is 9.46. The van der Waals surface area contributed by atoms with E-state index >= 15 is 0 Å². The predicted octanol–water partition coefficient (Wildman–Crippen LogP) is 1.70. The average molecular weight is 226 g/mol. The number of carbonyl (C=O) groups is 1. The van der Waals surface area contributed by atoms with Gasteiger partial charge in [-0.05, 0) is 19.1 Å². The van der Waals surface area contributed by atoms with E-state index in [1.807, 2.05) is 30.3 Å². The van der Waals surface area contributed by atoms with Crippen LogP contribution in [0.15, 0.2) is 35.2 Å². The maximum absolute atomic E-state index is 11.4. The smallest absolute Gasteiger partial charge is 0.321 e. The first-order chi connectivity index (χ1) is 7.15. The van der Waals surface area contributed by atoms with E-state index in [0.717, 1.165) is 4.90 Å². The van der Waals surface area contributed by atoms with Gasteiger partial charge >= 0.3 is 5.97 Å². The fourth-order valence-electron chi connectivity index (χ4n) is 1.11. The molecule has 0 radical (unpaired) electrons. The highest BCUT2D eigenvalue weighted by molar-refractivity contribution is 8.00. The number of rotatable bonds is 4. The number of benzene rings is 1. The van der Waals surface area contributed by atoms with Crippen LogP contribution in [0.2, 0.25) is 0 Å². The quantitative estimate of drug-likeness (QED) is 0.627. The zero-order valence-corrected chi connectivity index (χ0v) is 9.53. The summed E-state index contributed by atoms with van der Waals surface area (Å²) in [5.74, 6) is -0.404. The highest BCUT2D eigenvalue weighted by Crippen LogP contribution is 2.25. The third-order valence-electron chi connectivity index (χ3n) is 1.88. The Labute approximate surface area is 93.4 Å².